The van der Waals surface area contributed by atoms with E-state index < -0.39 is 0 Å². The number of rotatable bonds is 4. The Morgan fingerprint density at radius 2 is 1.88 bits per heavy atom. The summed E-state index contributed by atoms with van der Waals surface area (Å²) >= 11 is 0. The first-order valence-electron chi connectivity index (χ1n) is 7.93. The third-order valence-corrected chi connectivity index (χ3v) is 3.80. The first kappa shape index (κ1) is 15.9. The van der Waals surface area contributed by atoms with Crippen LogP contribution in [0.4, 0.5) is 5.69 Å². The van der Waals surface area contributed by atoms with Gasteiger partial charge in [-0.1, -0.05) is 43.7 Å². The van der Waals surface area contributed by atoms with Crippen LogP contribution in [0.5, 0.6) is 0 Å². The van der Waals surface area contributed by atoms with Crippen LogP contribution < -0.4 is 5.32 Å². The molecule has 1 N–H and O–H groups in total. The van der Waals surface area contributed by atoms with Gasteiger partial charge < -0.3 is 5.32 Å². The molecule has 0 saturated carbocycles. The first-order valence-corrected chi connectivity index (χ1v) is 7.93. The fraction of sp³-hybridized carbons (Fsp3) is 0.211. The van der Waals surface area contributed by atoms with Crippen LogP contribution in [0.25, 0.3) is 5.69 Å². The van der Waals surface area contributed by atoms with Crippen LogP contribution >= 0.6 is 0 Å². The molecule has 3 aromatic rings. The third kappa shape index (κ3) is 3.51. The lowest BCUT2D eigenvalue weighted by atomic mass is 10.0. The molecule has 5 heteroatoms. The van der Waals surface area contributed by atoms with E-state index in [0.29, 0.717) is 5.92 Å². The van der Waals surface area contributed by atoms with E-state index in [1.165, 1.54) is 11.1 Å². The Morgan fingerprint density at radius 1 is 1.12 bits per heavy atom. The molecule has 1 amide bonds. The number of nitrogens with one attached hydrogen (secondary N) is 1. The summed E-state index contributed by atoms with van der Waals surface area (Å²) in [5.41, 5.74) is 3.96. The number of benzene rings is 2. The summed E-state index contributed by atoms with van der Waals surface area (Å²) in [6.07, 6.45) is 1.55. The van der Waals surface area contributed by atoms with E-state index in [4.69, 9.17) is 0 Å². The van der Waals surface area contributed by atoms with Gasteiger partial charge in [0.15, 0.2) is 0 Å². The number of hydrogen-bond acceptors (Lipinski definition) is 3. The van der Waals surface area contributed by atoms with E-state index in [1.807, 2.05) is 55.5 Å². The van der Waals surface area contributed by atoms with Gasteiger partial charge in [-0.3, -0.25) is 4.79 Å². The minimum absolute atomic E-state index is 0.144. The Hall–Kier alpha value is -2.95. The van der Waals surface area contributed by atoms with Crippen LogP contribution in [-0.4, -0.2) is 20.7 Å². The summed E-state index contributed by atoms with van der Waals surface area (Å²) in [4.78, 5) is 16.5. The average molecular weight is 320 g/mol. The maximum absolute atomic E-state index is 12.3. The minimum Gasteiger partial charge on any atom is -0.319 e. The highest BCUT2D eigenvalue weighted by atomic mass is 16.2. The molecule has 0 aliphatic rings. The van der Waals surface area contributed by atoms with Crippen LogP contribution in [0.15, 0.2) is 54.9 Å². The number of anilines is 1. The molecule has 0 unspecified atom stereocenters. The van der Waals surface area contributed by atoms with Gasteiger partial charge in [0.1, 0.15) is 6.33 Å². The van der Waals surface area contributed by atoms with Crippen molar-refractivity contribution < 1.29 is 4.79 Å². The Balaban J connectivity index is 1.76. The number of carbonyl (C=O) groups excluding carboxylic acids is 1. The Bertz CT molecular complexity index is 850. The fourth-order valence-corrected chi connectivity index (χ4v) is 2.35. The van der Waals surface area contributed by atoms with E-state index in [2.05, 4.69) is 29.2 Å². The molecule has 0 saturated heterocycles. The number of hydrogen-bond donors (Lipinski definition) is 1. The molecule has 24 heavy (non-hydrogen) atoms. The van der Waals surface area contributed by atoms with Crippen molar-refractivity contribution in [1.82, 2.24) is 14.8 Å². The summed E-state index contributed by atoms with van der Waals surface area (Å²) < 4.78 is 1.60. The van der Waals surface area contributed by atoms with Gasteiger partial charge in [0, 0.05) is 5.69 Å². The minimum atomic E-state index is -0.318. The van der Waals surface area contributed by atoms with Gasteiger partial charge in [0.25, 0.3) is 5.91 Å². The second-order valence-corrected chi connectivity index (χ2v) is 6.08. The summed E-state index contributed by atoms with van der Waals surface area (Å²) in [5.74, 6) is 0.230. The fourth-order valence-electron chi connectivity index (χ4n) is 2.35. The molecule has 5 nitrogen and oxygen atoms in total. The first-order chi connectivity index (χ1) is 11.5. The normalized spacial score (nSPS) is 10.8. The number of aromatic nitrogens is 3. The van der Waals surface area contributed by atoms with E-state index in [1.54, 1.807) is 11.0 Å². The van der Waals surface area contributed by atoms with E-state index in [9.17, 15) is 4.79 Å². The van der Waals surface area contributed by atoms with Gasteiger partial charge in [-0.15, -0.1) is 5.10 Å². The van der Waals surface area contributed by atoms with Crippen LogP contribution in [0.2, 0.25) is 0 Å². The van der Waals surface area contributed by atoms with Crippen molar-refractivity contribution in [1.29, 1.82) is 0 Å². The summed E-state index contributed by atoms with van der Waals surface area (Å²) in [5, 5.41) is 7.11. The Kier molecular flexibility index (Phi) is 4.42. The number of amides is 1. The molecule has 3 rings (SSSR count). The van der Waals surface area contributed by atoms with Crippen LogP contribution in [0.1, 0.15) is 41.5 Å². The standard InChI is InChI=1S/C19H20N4O/c1-13(2)15-5-4-6-16(11-15)21-19(24)18-20-12-23(22-18)17-9-7-14(3)8-10-17/h4-13H,1-3H3,(H,21,24). The van der Waals surface area contributed by atoms with Gasteiger partial charge in [0.05, 0.1) is 5.69 Å². The quantitative estimate of drug-likeness (QED) is 0.792. The van der Waals surface area contributed by atoms with Crippen molar-refractivity contribution in [2.24, 2.45) is 0 Å². The largest absolute Gasteiger partial charge is 0.319 e. The molecule has 0 spiro atoms. The molecule has 122 valence electrons. The zero-order valence-corrected chi connectivity index (χ0v) is 14.0. The highest BCUT2D eigenvalue weighted by Crippen LogP contribution is 2.18. The summed E-state index contributed by atoms with van der Waals surface area (Å²) in [6.45, 7) is 6.26. The Morgan fingerprint density at radius 3 is 2.58 bits per heavy atom. The molecule has 0 fully saturated rings. The zero-order valence-electron chi connectivity index (χ0n) is 14.0. The molecule has 0 bridgehead atoms. The van der Waals surface area contributed by atoms with Crippen molar-refractivity contribution in [3.63, 3.8) is 0 Å². The Labute approximate surface area is 141 Å². The molecule has 1 heterocycles. The predicted octanol–water partition coefficient (Wildman–Crippen LogP) is 3.95. The average Bonchev–Trinajstić information content (AvgIpc) is 3.06. The number of nitrogens with zero attached hydrogens (tertiary/aromatic N) is 3. The van der Waals surface area contributed by atoms with Crippen molar-refractivity contribution in [2.45, 2.75) is 26.7 Å². The second kappa shape index (κ2) is 6.66. The lowest BCUT2D eigenvalue weighted by molar-refractivity contribution is 0.101. The highest BCUT2D eigenvalue weighted by molar-refractivity contribution is 6.01. The smallest absolute Gasteiger partial charge is 0.295 e. The lowest BCUT2D eigenvalue weighted by Gasteiger charge is -2.08. The number of aryl methyl sites for hydroxylation is 1. The second-order valence-electron chi connectivity index (χ2n) is 6.08. The molecule has 0 aliphatic heterocycles. The summed E-state index contributed by atoms with van der Waals surface area (Å²) in [6, 6.07) is 15.7. The molecule has 0 atom stereocenters. The van der Waals surface area contributed by atoms with Crippen molar-refractivity contribution in [3.05, 3.63) is 71.8 Å². The van der Waals surface area contributed by atoms with E-state index in [0.717, 1.165) is 11.4 Å². The number of carbonyl (C=O) groups is 1. The van der Waals surface area contributed by atoms with Crippen LogP contribution in [-0.2, 0) is 0 Å². The SMILES string of the molecule is Cc1ccc(-n2cnc(C(=O)Nc3cccc(C(C)C)c3)n2)cc1. The van der Waals surface area contributed by atoms with Crippen LogP contribution in [0, 0.1) is 6.92 Å². The maximum Gasteiger partial charge on any atom is 0.295 e. The molecular weight excluding hydrogens is 300 g/mol. The molecular formula is C19H20N4O. The van der Waals surface area contributed by atoms with Crippen molar-refractivity contribution in [3.8, 4) is 5.69 Å². The van der Waals surface area contributed by atoms with Gasteiger partial charge in [-0.2, -0.15) is 0 Å². The maximum atomic E-state index is 12.3. The van der Waals surface area contributed by atoms with Crippen molar-refractivity contribution >= 4 is 11.6 Å². The zero-order chi connectivity index (χ0) is 17.1. The van der Waals surface area contributed by atoms with Crippen molar-refractivity contribution in [2.75, 3.05) is 5.32 Å². The van der Waals surface area contributed by atoms with Gasteiger partial charge in [-0.25, -0.2) is 9.67 Å². The highest BCUT2D eigenvalue weighted by Gasteiger charge is 2.13. The molecule has 2 aromatic carbocycles. The van der Waals surface area contributed by atoms with Gasteiger partial charge in [-0.05, 0) is 42.7 Å². The monoisotopic (exact) mass is 320 g/mol. The summed E-state index contributed by atoms with van der Waals surface area (Å²) in [7, 11) is 0. The lowest BCUT2D eigenvalue weighted by Crippen LogP contribution is -2.14. The van der Waals surface area contributed by atoms with Gasteiger partial charge in [0.2, 0.25) is 5.82 Å². The van der Waals surface area contributed by atoms with E-state index >= 15 is 0 Å². The molecule has 0 aliphatic carbocycles. The molecule has 0 radical (unpaired) electrons. The van der Waals surface area contributed by atoms with Gasteiger partial charge >= 0.3 is 0 Å². The van der Waals surface area contributed by atoms with E-state index in [-0.39, 0.29) is 11.7 Å². The predicted molar refractivity (Wildman–Crippen MR) is 94.6 cm³/mol. The molecule has 1 aromatic heterocycles. The topological polar surface area (TPSA) is 59.8 Å². The van der Waals surface area contributed by atoms with Crippen LogP contribution in [0.3, 0.4) is 0 Å². The third-order valence-electron chi connectivity index (χ3n) is 3.80.